The lowest BCUT2D eigenvalue weighted by atomic mass is 9.93. The molecule has 1 fully saturated rings. The van der Waals surface area contributed by atoms with Crippen molar-refractivity contribution >= 4 is 28.2 Å². The number of aliphatic hydroxyl groups is 1. The summed E-state index contributed by atoms with van der Waals surface area (Å²) in [7, 11) is 1.73. The van der Waals surface area contributed by atoms with E-state index in [0.717, 1.165) is 31.1 Å². The van der Waals surface area contributed by atoms with Crippen LogP contribution in [0.4, 0.5) is 17.5 Å². The average molecular weight is 366 g/mol. The van der Waals surface area contributed by atoms with Crippen LogP contribution in [0.1, 0.15) is 25.7 Å². The molecule has 27 heavy (non-hydrogen) atoms. The van der Waals surface area contributed by atoms with Gasteiger partial charge in [0.2, 0.25) is 0 Å². The van der Waals surface area contributed by atoms with E-state index in [0.29, 0.717) is 22.8 Å². The van der Waals surface area contributed by atoms with Gasteiger partial charge in [-0.25, -0.2) is 9.97 Å². The second-order valence-corrected chi connectivity index (χ2v) is 6.92. The van der Waals surface area contributed by atoms with E-state index in [1.54, 1.807) is 36.4 Å². The van der Waals surface area contributed by atoms with Gasteiger partial charge < -0.3 is 20.3 Å². The van der Waals surface area contributed by atoms with Crippen molar-refractivity contribution in [1.29, 1.82) is 0 Å². The van der Waals surface area contributed by atoms with Crippen molar-refractivity contribution in [3.63, 3.8) is 0 Å². The highest BCUT2D eigenvalue weighted by Crippen LogP contribution is 2.27. The fraction of sp³-hybridized carbons (Fsp3) is 0.368. The Morgan fingerprint density at radius 3 is 2.74 bits per heavy atom. The summed E-state index contributed by atoms with van der Waals surface area (Å²) in [5, 5.41) is 17.7. The first-order valence-electron chi connectivity index (χ1n) is 9.08. The number of aliphatic hydroxyl groups excluding tert-OH is 1. The van der Waals surface area contributed by atoms with Crippen molar-refractivity contribution in [2.45, 2.75) is 37.8 Å². The number of fused-ring (bicyclic) bond motifs is 1. The third-order valence-corrected chi connectivity index (χ3v) is 4.92. The van der Waals surface area contributed by atoms with Crippen LogP contribution in [0.5, 0.6) is 0 Å². The molecule has 0 aromatic carbocycles. The molecule has 3 N–H and O–H groups in total. The molecule has 3 heterocycles. The number of aromatic nitrogens is 4. The third-order valence-electron chi connectivity index (χ3n) is 4.92. The van der Waals surface area contributed by atoms with Crippen molar-refractivity contribution < 1.29 is 5.11 Å². The normalized spacial score (nSPS) is 19.8. The van der Waals surface area contributed by atoms with E-state index in [9.17, 15) is 9.90 Å². The summed E-state index contributed by atoms with van der Waals surface area (Å²) in [6.45, 7) is 0. The minimum absolute atomic E-state index is 0.0932. The van der Waals surface area contributed by atoms with E-state index in [1.807, 2.05) is 12.1 Å². The Labute approximate surface area is 156 Å². The molecule has 1 saturated carbocycles. The molecule has 0 spiro atoms. The molecule has 0 bridgehead atoms. The zero-order valence-corrected chi connectivity index (χ0v) is 15.1. The van der Waals surface area contributed by atoms with Crippen LogP contribution >= 0.6 is 0 Å². The molecule has 4 rings (SSSR count). The second-order valence-electron chi connectivity index (χ2n) is 6.92. The van der Waals surface area contributed by atoms with E-state index in [-0.39, 0.29) is 17.7 Å². The van der Waals surface area contributed by atoms with Crippen LogP contribution in [0.15, 0.2) is 41.7 Å². The SMILES string of the molecule is Cn1ccc2cc(Nc3cnccn3)nc(N[C@H]3CC[C@H](O)CC3)c2c1=O. The molecule has 3 aromatic heterocycles. The van der Waals surface area contributed by atoms with Crippen LogP contribution in [0.2, 0.25) is 0 Å². The van der Waals surface area contributed by atoms with Gasteiger partial charge >= 0.3 is 0 Å². The van der Waals surface area contributed by atoms with E-state index < -0.39 is 0 Å². The molecule has 0 unspecified atom stereocenters. The predicted molar refractivity (Wildman–Crippen MR) is 104 cm³/mol. The number of anilines is 3. The summed E-state index contributed by atoms with van der Waals surface area (Å²) >= 11 is 0. The number of hydrogen-bond acceptors (Lipinski definition) is 7. The lowest BCUT2D eigenvalue weighted by Crippen LogP contribution is -2.29. The Kier molecular flexibility index (Phi) is 4.72. The molecule has 1 aliphatic rings. The maximum atomic E-state index is 12.7. The Morgan fingerprint density at radius 2 is 2.00 bits per heavy atom. The van der Waals surface area contributed by atoms with Crippen LogP contribution in [-0.2, 0) is 7.05 Å². The molecule has 0 saturated heterocycles. The highest BCUT2D eigenvalue weighted by atomic mass is 16.3. The lowest BCUT2D eigenvalue weighted by Gasteiger charge is -2.27. The molecular formula is C19H22N6O2. The second kappa shape index (κ2) is 7.32. The average Bonchev–Trinajstić information content (AvgIpc) is 2.67. The van der Waals surface area contributed by atoms with Crippen LogP contribution < -0.4 is 16.2 Å². The first-order valence-corrected chi connectivity index (χ1v) is 9.08. The minimum Gasteiger partial charge on any atom is -0.393 e. The number of nitrogens with one attached hydrogen (secondary N) is 2. The van der Waals surface area contributed by atoms with Crippen molar-refractivity contribution in [1.82, 2.24) is 19.5 Å². The van der Waals surface area contributed by atoms with E-state index >= 15 is 0 Å². The molecule has 8 nitrogen and oxygen atoms in total. The quantitative estimate of drug-likeness (QED) is 0.650. The van der Waals surface area contributed by atoms with Gasteiger partial charge in [0, 0.05) is 31.7 Å². The van der Waals surface area contributed by atoms with Gasteiger partial charge in [-0.15, -0.1) is 0 Å². The van der Waals surface area contributed by atoms with Crippen LogP contribution in [0, 0.1) is 0 Å². The predicted octanol–water partition coefficient (Wildman–Crippen LogP) is 2.18. The lowest BCUT2D eigenvalue weighted by molar-refractivity contribution is 0.126. The van der Waals surface area contributed by atoms with Crippen molar-refractivity contribution in [2.75, 3.05) is 10.6 Å². The summed E-state index contributed by atoms with van der Waals surface area (Å²) in [5.74, 6) is 1.73. The summed E-state index contributed by atoms with van der Waals surface area (Å²) in [6.07, 6.45) is 9.54. The highest BCUT2D eigenvalue weighted by Gasteiger charge is 2.21. The van der Waals surface area contributed by atoms with Gasteiger partial charge in [-0.1, -0.05) is 0 Å². The fourth-order valence-electron chi connectivity index (χ4n) is 3.43. The number of hydrogen-bond donors (Lipinski definition) is 3. The molecule has 0 amide bonds. The molecule has 0 radical (unpaired) electrons. The van der Waals surface area contributed by atoms with Crippen LogP contribution in [0.3, 0.4) is 0 Å². The van der Waals surface area contributed by atoms with Gasteiger partial charge in [-0.3, -0.25) is 9.78 Å². The van der Waals surface area contributed by atoms with Gasteiger partial charge in [0.15, 0.2) is 0 Å². The number of nitrogens with zero attached hydrogens (tertiary/aromatic N) is 4. The van der Waals surface area contributed by atoms with E-state index in [1.165, 1.54) is 0 Å². The van der Waals surface area contributed by atoms with Crippen LogP contribution in [0.25, 0.3) is 10.8 Å². The zero-order chi connectivity index (χ0) is 18.8. The Balaban J connectivity index is 1.73. The van der Waals surface area contributed by atoms with Crippen molar-refractivity contribution in [2.24, 2.45) is 7.05 Å². The Morgan fingerprint density at radius 1 is 1.19 bits per heavy atom. The number of aryl methyl sites for hydroxylation is 1. The van der Waals surface area contributed by atoms with Crippen molar-refractivity contribution in [3.8, 4) is 0 Å². The maximum absolute atomic E-state index is 12.7. The molecule has 140 valence electrons. The molecule has 0 atom stereocenters. The first-order chi connectivity index (χ1) is 13.1. The topological polar surface area (TPSA) is 105 Å². The number of rotatable bonds is 4. The summed E-state index contributed by atoms with van der Waals surface area (Å²) in [5.41, 5.74) is -0.0932. The monoisotopic (exact) mass is 366 g/mol. The van der Waals surface area contributed by atoms with Gasteiger partial charge in [0.25, 0.3) is 5.56 Å². The molecule has 8 heteroatoms. The Hall–Kier alpha value is -3.00. The zero-order valence-electron chi connectivity index (χ0n) is 15.1. The molecule has 0 aliphatic heterocycles. The molecule has 3 aromatic rings. The summed E-state index contributed by atoms with van der Waals surface area (Å²) in [6, 6.07) is 3.91. The summed E-state index contributed by atoms with van der Waals surface area (Å²) < 4.78 is 1.55. The van der Waals surface area contributed by atoms with E-state index in [4.69, 9.17) is 0 Å². The third kappa shape index (κ3) is 3.75. The highest BCUT2D eigenvalue weighted by molar-refractivity contribution is 5.93. The Bertz CT molecular complexity index is 996. The minimum atomic E-state index is -0.231. The van der Waals surface area contributed by atoms with Gasteiger partial charge in [-0.2, -0.15) is 0 Å². The smallest absolute Gasteiger partial charge is 0.261 e. The standard InChI is InChI=1S/C19H22N6O2/c1-25-9-6-12-10-15(23-16-11-20-7-8-21-16)24-18(17(12)19(25)27)22-13-2-4-14(26)5-3-13/h6-11,13-14,26H,2-5H2,1H3,(H2,21,22,23,24)/t13-,14-. The summed E-state index contributed by atoms with van der Waals surface area (Å²) in [4.78, 5) is 25.6. The first kappa shape index (κ1) is 17.4. The van der Waals surface area contributed by atoms with Gasteiger partial charge in [0.05, 0.1) is 17.7 Å². The molecular weight excluding hydrogens is 344 g/mol. The van der Waals surface area contributed by atoms with Crippen LogP contribution in [-0.4, -0.2) is 36.8 Å². The fourth-order valence-corrected chi connectivity index (χ4v) is 3.43. The largest absolute Gasteiger partial charge is 0.393 e. The molecule has 1 aliphatic carbocycles. The van der Waals surface area contributed by atoms with Gasteiger partial charge in [-0.05, 0) is 43.2 Å². The van der Waals surface area contributed by atoms with E-state index in [2.05, 4.69) is 25.6 Å². The number of pyridine rings is 2. The van der Waals surface area contributed by atoms with Gasteiger partial charge in [0.1, 0.15) is 17.5 Å². The van der Waals surface area contributed by atoms with Crippen molar-refractivity contribution in [3.05, 3.63) is 47.3 Å². The maximum Gasteiger partial charge on any atom is 0.261 e.